The van der Waals surface area contributed by atoms with Gasteiger partial charge in [0.25, 0.3) is 10.0 Å². The lowest BCUT2D eigenvalue weighted by Crippen LogP contribution is -2.23. The van der Waals surface area contributed by atoms with Crippen LogP contribution >= 0.6 is 22.9 Å². The molecular weight excluding hydrogens is 500 g/mol. The summed E-state index contributed by atoms with van der Waals surface area (Å²) in [6.07, 6.45) is 2.31. The van der Waals surface area contributed by atoms with Crippen LogP contribution in [0.5, 0.6) is 11.5 Å². The maximum absolute atomic E-state index is 14.7. The quantitative estimate of drug-likeness (QED) is 0.325. The average molecular weight is 518 g/mol. The number of halogens is 3. The highest BCUT2D eigenvalue weighted by molar-refractivity contribution is 7.93. The van der Waals surface area contributed by atoms with E-state index in [1.807, 2.05) is 0 Å². The summed E-state index contributed by atoms with van der Waals surface area (Å²) in [5.74, 6) is -3.57. The minimum Gasteiger partial charge on any atom is -0.480 e. The minimum atomic E-state index is -4.40. The SMILES string of the molecule is O=C(O)CNCCCc1cc(Cl)ccc1Oc1cc(F)c(S(=O)(=O)Nc2nccs2)cc1F. The molecule has 2 aromatic carbocycles. The van der Waals surface area contributed by atoms with Crippen molar-refractivity contribution in [3.8, 4) is 11.5 Å². The molecule has 176 valence electrons. The van der Waals surface area contributed by atoms with Gasteiger partial charge in [0.2, 0.25) is 0 Å². The molecule has 0 amide bonds. The second kappa shape index (κ2) is 10.9. The van der Waals surface area contributed by atoms with Crippen LogP contribution in [0.4, 0.5) is 13.9 Å². The zero-order valence-corrected chi connectivity index (χ0v) is 19.2. The van der Waals surface area contributed by atoms with Gasteiger partial charge in [0, 0.05) is 28.7 Å². The molecule has 13 heteroatoms. The maximum atomic E-state index is 14.7. The molecule has 0 saturated carbocycles. The largest absolute Gasteiger partial charge is 0.480 e. The van der Waals surface area contributed by atoms with Crippen LogP contribution in [-0.4, -0.2) is 37.6 Å². The Balaban J connectivity index is 1.78. The van der Waals surface area contributed by atoms with Crippen LogP contribution in [-0.2, 0) is 21.2 Å². The van der Waals surface area contributed by atoms with Gasteiger partial charge < -0.3 is 15.2 Å². The van der Waals surface area contributed by atoms with Gasteiger partial charge in [-0.2, -0.15) is 0 Å². The highest BCUT2D eigenvalue weighted by atomic mass is 35.5. The second-order valence-electron chi connectivity index (χ2n) is 6.68. The van der Waals surface area contributed by atoms with Crippen molar-refractivity contribution < 1.29 is 31.8 Å². The number of benzene rings is 2. The molecule has 1 aromatic heterocycles. The van der Waals surface area contributed by atoms with Crippen molar-refractivity contribution in [3.05, 3.63) is 64.1 Å². The van der Waals surface area contributed by atoms with Gasteiger partial charge >= 0.3 is 5.97 Å². The zero-order valence-electron chi connectivity index (χ0n) is 16.8. The number of nitrogens with one attached hydrogen (secondary N) is 2. The van der Waals surface area contributed by atoms with Gasteiger partial charge in [0.15, 0.2) is 16.7 Å². The fourth-order valence-corrected chi connectivity index (χ4v) is 4.85. The van der Waals surface area contributed by atoms with Gasteiger partial charge in [0.1, 0.15) is 16.5 Å². The van der Waals surface area contributed by atoms with Crippen molar-refractivity contribution in [2.45, 2.75) is 17.7 Å². The first kappa shape index (κ1) is 24.8. The predicted molar refractivity (Wildman–Crippen MR) is 120 cm³/mol. The summed E-state index contributed by atoms with van der Waals surface area (Å²) in [6, 6.07) is 5.77. The van der Waals surface area contributed by atoms with Crippen molar-refractivity contribution >= 4 is 44.1 Å². The smallest absolute Gasteiger partial charge is 0.317 e. The average Bonchev–Trinajstić information content (AvgIpc) is 3.23. The number of carbonyl (C=O) groups is 1. The number of anilines is 1. The monoisotopic (exact) mass is 517 g/mol. The highest BCUT2D eigenvalue weighted by Gasteiger charge is 2.24. The molecule has 3 rings (SSSR count). The molecule has 0 aliphatic rings. The molecule has 0 bridgehead atoms. The Kier molecular flexibility index (Phi) is 8.19. The number of carboxylic acid groups (broad SMARTS) is 1. The molecule has 33 heavy (non-hydrogen) atoms. The maximum Gasteiger partial charge on any atom is 0.317 e. The highest BCUT2D eigenvalue weighted by Crippen LogP contribution is 2.33. The van der Waals surface area contributed by atoms with Gasteiger partial charge in [-0.05, 0) is 43.1 Å². The molecule has 3 N–H and O–H groups in total. The van der Waals surface area contributed by atoms with E-state index in [4.69, 9.17) is 21.4 Å². The van der Waals surface area contributed by atoms with Gasteiger partial charge in [-0.3, -0.25) is 9.52 Å². The van der Waals surface area contributed by atoms with Crippen molar-refractivity contribution in [1.82, 2.24) is 10.3 Å². The van der Waals surface area contributed by atoms with Crippen LogP contribution in [0.25, 0.3) is 0 Å². The summed E-state index contributed by atoms with van der Waals surface area (Å²) in [6.45, 7) is 0.218. The van der Waals surface area contributed by atoms with Crippen molar-refractivity contribution in [2.24, 2.45) is 0 Å². The van der Waals surface area contributed by atoms with E-state index in [-0.39, 0.29) is 17.4 Å². The number of ether oxygens (including phenoxy) is 1. The third-order valence-corrected chi connectivity index (χ3v) is 6.66. The number of aryl methyl sites for hydroxylation is 1. The zero-order chi connectivity index (χ0) is 24.0. The van der Waals surface area contributed by atoms with Crippen LogP contribution in [0.1, 0.15) is 12.0 Å². The number of hydrogen-bond acceptors (Lipinski definition) is 7. The van der Waals surface area contributed by atoms with E-state index in [1.165, 1.54) is 23.7 Å². The predicted octanol–water partition coefficient (Wildman–Crippen LogP) is 4.27. The first-order chi connectivity index (χ1) is 15.7. The molecule has 0 unspecified atom stereocenters. The normalized spacial score (nSPS) is 11.4. The Bertz CT molecular complexity index is 1240. The number of sulfonamides is 1. The number of carboxylic acids is 1. The lowest BCUT2D eigenvalue weighted by Gasteiger charge is -2.14. The molecule has 0 atom stereocenters. The lowest BCUT2D eigenvalue weighted by atomic mass is 10.1. The lowest BCUT2D eigenvalue weighted by molar-refractivity contribution is -0.135. The fraction of sp³-hybridized carbons (Fsp3) is 0.200. The van der Waals surface area contributed by atoms with E-state index in [0.29, 0.717) is 42.1 Å². The Hall–Kier alpha value is -2.80. The molecule has 8 nitrogen and oxygen atoms in total. The molecule has 3 aromatic rings. The van der Waals surface area contributed by atoms with E-state index >= 15 is 0 Å². The minimum absolute atomic E-state index is 0.0128. The molecule has 0 spiro atoms. The third kappa shape index (κ3) is 6.84. The Morgan fingerprint density at radius 1 is 1.18 bits per heavy atom. The number of nitrogens with zero attached hydrogens (tertiary/aromatic N) is 1. The third-order valence-electron chi connectivity index (χ3n) is 4.25. The van der Waals surface area contributed by atoms with Crippen LogP contribution in [0.3, 0.4) is 0 Å². The number of aromatic nitrogens is 1. The molecule has 0 aliphatic heterocycles. The summed E-state index contributed by atoms with van der Waals surface area (Å²) in [4.78, 5) is 13.4. The first-order valence-electron chi connectivity index (χ1n) is 9.46. The van der Waals surface area contributed by atoms with E-state index in [9.17, 15) is 22.0 Å². The summed E-state index contributed by atoms with van der Waals surface area (Å²) >= 11 is 7.01. The Labute approximate surface area is 197 Å². The fourth-order valence-electron chi connectivity index (χ4n) is 2.80. The summed E-state index contributed by atoms with van der Waals surface area (Å²) in [5, 5.41) is 13.3. The number of hydrogen-bond donors (Lipinski definition) is 3. The number of rotatable bonds is 11. The van der Waals surface area contributed by atoms with Crippen LogP contribution in [0, 0.1) is 11.6 Å². The van der Waals surface area contributed by atoms with Crippen molar-refractivity contribution in [3.63, 3.8) is 0 Å². The van der Waals surface area contributed by atoms with Crippen LogP contribution < -0.4 is 14.8 Å². The van der Waals surface area contributed by atoms with Crippen LogP contribution in [0.15, 0.2) is 46.8 Å². The van der Waals surface area contributed by atoms with Crippen molar-refractivity contribution in [1.29, 1.82) is 0 Å². The van der Waals surface area contributed by atoms with E-state index in [2.05, 4.69) is 15.0 Å². The van der Waals surface area contributed by atoms with Gasteiger partial charge in [-0.1, -0.05) is 11.6 Å². The Morgan fingerprint density at radius 3 is 2.67 bits per heavy atom. The van der Waals surface area contributed by atoms with E-state index in [0.717, 1.165) is 11.3 Å². The van der Waals surface area contributed by atoms with E-state index in [1.54, 1.807) is 6.07 Å². The number of aliphatic carboxylic acids is 1. The molecule has 0 radical (unpaired) electrons. The van der Waals surface area contributed by atoms with Gasteiger partial charge in [-0.15, -0.1) is 11.3 Å². The molecule has 0 fully saturated rings. The Morgan fingerprint density at radius 2 is 1.97 bits per heavy atom. The summed E-state index contributed by atoms with van der Waals surface area (Å²) in [5.41, 5.74) is 0.585. The molecular formula is C20H18ClF2N3O5S2. The molecule has 0 aliphatic carbocycles. The summed E-state index contributed by atoms with van der Waals surface area (Å²) < 4.78 is 61.7. The number of thiazole rings is 1. The molecule has 0 saturated heterocycles. The molecule has 1 heterocycles. The van der Waals surface area contributed by atoms with Gasteiger partial charge in [0.05, 0.1) is 6.54 Å². The van der Waals surface area contributed by atoms with Gasteiger partial charge in [-0.25, -0.2) is 22.2 Å². The van der Waals surface area contributed by atoms with Crippen LogP contribution in [0.2, 0.25) is 5.02 Å². The standard InChI is InChI=1S/C20H18ClF2N3O5S2/c21-13-3-4-16(12(8-13)2-1-5-24-11-19(27)28)31-17-9-15(23)18(10-14(17)22)33(29,30)26-20-25-6-7-32-20/h3-4,6-10,24H,1-2,5,11H2,(H,25,26)(H,27,28). The van der Waals surface area contributed by atoms with E-state index < -0.39 is 38.3 Å². The second-order valence-corrected chi connectivity index (χ2v) is 9.67. The first-order valence-corrected chi connectivity index (χ1v) is 12.2. The summed E-state index contributed by atoms with van der Waals surface area (Å²) in [7, 11) is -4.40. The topological polar surface area (TPSA) is 118 Å². The van der Waals surface area contributed by atoms with Crippen molar-refractivity contribution in [2.75, 3.05) is 17.8 Å².